The van der Waals surface area contributed by atoms with Gasteiger partial charge in [0.2, 0.25) is 0 Å². The summed E-state index contributed by atoms with van der Waals surface area (Å²) in [5, 5.41) is 3.50. The van der Waals surface area contributed by atoms with E-state index in [4.69, 9.17) is 10.3 Å². The molecular formula is C18H15N3O3. The van der Waals surface area contributed by atoms with Crippen LogP contribution in [0.1, 0.15) is 11.1 Å². The van der Waals surface area contributed by atoms with Crippen LogP contribution in [0.2, 0.25) is 0 Å². The van der Waals surface area contributed by atoms with Gasteiger partial charge < -0.3 is 4.74 Å². The van der Waals surface area contributed by atoms with E-state index in [-0.39, 0.29) is 17.8 Å². The molecule has 0 saturated heterocycles. The first kappa shape index (κ1) is 17.0. The van der Waals surface area contributed by atoms with Crippen LogP contribution in [0.5, 0.6) is 0 Å². The molecule has 0 N–H and O–H groups in total. The number of carbonyl (C=O) groups is 2. The minimum absolute atomic E-state index is 0.0561. The van der Waals surface area contributed by atoms with E-state index >= 15 is 0 Å². The molecule has 24 heavy (non-hydrogen) atoms. The predicted octanol–water partition coefficient (Wildman–Crippen LogP) is 4.00. The van der Waals surface area contributed by atoms with E-state index in [1.54, 1.807) is 24.3 Å². The number of carbonyl (C=O) groups excluding carboxylic acids is 2. The molecule has 2 aromatic carbocycles. The molecule has 0 atom stereocenters. The summed E-state index contributed by atoms with van der Waals surface area (Å²) >= 11 is 0. The number of ether oxygens (including phenoxy) is 1. The highest BCUT2D eigenvalue weighted by Gasteiger charge is 2.19. The Labute approximate surface area is 139 Å². The molecule has 0 bridgehead atoms. The van der Waals surface area contributed by atoms with Crippen molar-refractivity contribution in [2.24, 2.45) is 5.11 Å². The molecule has 0 aliphatic carbocycles. The van der Waals surface area contributed by atoms with Crippen LogP contribution >= 0.6 is 0 Å². The number of rotatable bonds is 6. The monoisotopic (exact) mass is 321 g/mol. The zero-order valence-electron chi connectivity index (χ0n) is 13.0. The molecule has 2 rings (SSSR count). The van der Waals surface area contributed by atoms with Gasteiger partial charge >= 0.3 is 5.97 Å². The maximum Gasteiger partial charge on any atom is 0.341 e. The van der Waals surface area contributed by atoms with Gasteiger partial charge in [0.05, 0.1) is 7.11 Å². The molecule has 0 aromatic heterocycles. The summed E-state index contributed by atoms with van der Waals surface area (Å²) in [6, 6.07) is 15.7. The molecule has 0 fully saturated rings. The summed E-state index contributed by atoms with van der Waals surface area (Å²) in [5.74, 6) is -1.05. The third-order valence-corrected chi connectivity index (χ3v) is 3.25. The highest BCUT2D eigenvalue weighted by molar-refractivity contribution is 6.21. The van der Waals surface area contributed by atoms with Crippen molar-refractivity contribution < 1.29 is 14.3 Å². The Morgan fingerprint density at radius 3 is 2.58 bits per heavy atom. The molecule has 6 heteroatoms. The smallest absolute Gasteiger partial charge is 0.341 e. The first-order valence-corrected chi connectivity index (χ1v) is 7.16. The van der Waals surface area contributed by atoms with Crippen molar-refractivity contribution in [2.75, 3.05) is 7.11 Å². The number of nitrogens with zero attached hydrogens (tertiary/aromatic N) is 3. The Morgan fingerprint density at radius 1 is 1.17 bits per heavy atom. The average molecular weight is 321 g/mol. The maximum absolute atomic E-state index is 12.5. The Morgan fingerprint density at radius 2 is 1.92 bits per heavy atom. The third kappa shape index (κ3) is 4.56. The number of esters is 1. The zero-order chi connectivity index (χ0) is 17.4. The number of hydrogen-bond acceptors (Lipinski definition) is 4. The molecule has 0 heterocycles. The van der Waals surface area contributed by atoms with E-state index < -0.39 is 5.97 Å². The number of methoxy groups -OCH3 is 1. The van der Waals surface area contributed by atoms with Gasteiger partial charge in [-0.1, -0.05) is 53.6 Å². The first-order valence-electron chi connectivity index (χ1n) is 7.16. The summed E-state index contributed by atoms with van der Waals surface area (Å²) in [4.78, 5) is 27.2. The van der Waals surface area contributed by atoms with Gasteiger partial charge in [0.15, 0.2) is 5.78 Å². The van der Waals surface area contributed by atoms with Crippen molar-refractivity contribution in [3.63, 3.8) is 0 Å². The van der Waals surface area contributed by atoms with Gasteiger partial charge in [0.25, 0.3) is 0 Å². The lowest BCUT2D eigenvalue weighted by molar-refractivity contribution is -0.137. The molecule has 120 valence electrons. The van der Waals surface area contributed by atoms with Crippen LogP contribution in [0.3, 0.4) is 0 Å². The highest BCUT2D eigenvalue weighted by Crippen LogP contribution is 2.18. The lowest BCUT2D eigenvalue weighted by atomic mass is 10.0. The van der Waals surface area contributed by atoms with E-state index in [0.29, 0.717) is 11.3 Å². The third-order valence-electron chi connectivity index (χ3n) is 3.25. The van der Waals surface area contributed by atoms with Gasteiger partial charge in [-0.3, -0.25) is 4.79 Å². The fraction of sp³-hybridized carbons (Fsp3) is 0.111. The largest absolute Gasteiger partial charge is 0.465 e. The van der Waals surface area contributed by atoms with Crippen molar-refractivity contribution in [3.8, 4) is 0 Å². The van der Waals surface area contributed by atoms with E-state index in [1.807, 2.05) is 30.3 Å². The highest BCUT2D eigenvalue weighted by atomic mass is 16.5. The lowest BCUT2D eigenvalue weighted by Gasteiger charge is -2.06. The summed E-state index contributed by atoms with van der Waals surface area (Å²) in [5.41, 5.74) is 10.2. The van der Waals surface area contributed by atoms with Crippen molar-refractivity contribution in [1.29, 1.82) is 0 Å². The molecule has 0 radical (unpaired) electrons. The predicted molar refractivity (Wildman–Crippen MR) is 90.4 cm³/mol. The average Bonchev–Trinajstić information content (AvgIpc) is 2.60. The summed E-state index contributed by atoms with van der Waals surface area (Å²) in [7, 11) is 1.22. The van der Waals surface area contributed by atoms with Crippen LogP contribution in [0.4, 0.5) is 5.69 Å². The van der Waals surface area contributed by atoms with Gasteiger partial charge in [0.1, 0.15) is 5.57 Å². The molecule has 0 amide bonds. The number of benzene rings is 2. The van der Waals surface area contributed by atoms with E-state index in [1.165, 1.54) is 13.2 Å². The molecule has 0 saturated carbocycles. The summed E-state index contributed by atoms with van der Waals surface area (Å²) < 4.78 is 4.71. The molecule has 6 nitrogen and oxygen atoms in total. The van der Waals surface area contributed by atoms with E-state index in [9.17, 15) is 9.59 Å². The van der Waals surface area contributed by atoms with Crippen LogP contribution < -0.4 is 0 Å². The molecule has 0 aliphatic heterocycles. The topological polar surface area (TPSA) is 92.1 Å². The minimum atomic E-state index is -0.704. The minimum Gasteiger partial charge on any atom is -0.465 e. The fourth-order valence-corrected chi connectivity index (χ4v) is 2.13. The zero-order valence-corrected chi connectivity index (χ0v) is 13.0. The number of hydrogen-bond donors (Lipinski definition) is 0. The second kappa shape index (κ2) is 8.31. The Bertz CT molecular complexity index is 822. The van der Waals surface area contributed by atoms with Crippen molar-refractivity contribution in [2.45, 2.75) is 6.42 Å². The quantitative estimate of drug-likeness (QED) is 0.153. The number of ketones is 1. The Kier molecular flexibility index (Phi) is 5.88. The van der Waals surface area contributed by atoms with Crippen LogP contribution in [-0.2, 0) is 20.7 Å². The van der Waals surface area contributed by atoms with Crippen LogP contribution in [-0.4, -0.2) is 18.9 Å². The van der Waals surface area contributed by atoms with E-state index in [2.05, 4.69) is 10.0 Å². The molecule has 2 aromatic rings. The second-order valence-corrected chi connectivity index (χ2v) is 4.92. The number of Topliss-reactive ketones (excluding diaryl/α,β-unsaturated/α-hetero) is 1. The summed E-state index contributed by atoms with van der Waals surface area (Å²) in [6.45, 7) is 0. The van der Waals surface area contributed by atoms with Crippen LogP contribution in [0.25, 0.3) is 16.5 Å². The molecule has 0 unspecified atom stereocenters. The normalized spacial score (nSPS) is 10.6. The van der Waals surface area contributed by atoms with Gasteiger partial charge in [-0.15, -0.1) is 0 Å². The van der Waals surface area contributed by atoms with E-state index in [0.717, 1.165) is 5.56 Å². The van der Waals surface area contributed by atoms with Crippen molar-refractivity contribution in [1.82, 2.24) is 0 Å². The molecule has 0 aliphatic rings. The lowest BCUT2D eigenvalue weighted by Crippen LogP contribution is -2.16. The van der Waals surface area contributed by atoms with Crippen molar-refractivity contribution in [3.05, 3.63) is 81.7 Å². The molecule has 0 spiro atoms. The van der Waals surface area contributed by atoms with Crippen molar-refractivity contribution >= 4 is 23.5 Å². The SMILES string of the molecule is COC(=O)C(=Cc1cccc(N=[N+]=[N-])c1)C(=O)Cc1ccccc1. The summed E-state index contributed by atoms with van der Waals surface area (Å²) in [6.07, 6.45) is 1.53. The second-order valence-electron chi connectivity index (χ2n) is 4.92. The van der Waals surface area contributed by atoms with Gasteiger partial charge in [-0.2, -0.15) is 0 Å². The van der Waals surface area contributed by atoms with Crippen LogP contribution in [0, 0.1) is 0 Å². The number of azide groups is 1. The first-order chi connectivity index (χ1) is 11.6. The standard InChI is InChI=1S/C18H15N3O3/c1-24-18(23)16(17(22)12-13-6-3-2-4-7-13)11-14-8-5-9-15(10-14)20-21-19/h2-11H,12H2,1H3. The fourth-order valence-electron chi connectivity index (χ4n) is 2.13. The molecular weight excluding hydrogens is 306 g/mol. The van der Waals surface area contributed by atoms with Gasteiger partial charge in [-0.05, 0) is 28.8 Å². The van der Waals surface area contributed by atoms with Gasteiger partial charge in [-0.25, -0.2) is 4.79 Å². The Hall–Kier alpha value is -3.37. The van der Waals surface area contributed by atoms with Crippen LogP contribution in [0.15, 0.2) is 65.3 Å². The Balaban J connectivity index is 2.34. The van der Waals surface area contributed by atoms with Gasteiger partial charge in [0, 0.05) is 17.0 Å². The maximum atomic E-state index is 12.5.